The summed E-state index contributed by atoms with van der Waals surface area (Å²) in [5, 5.41) is 0.940. The molecule has 1 aromatic carbocycles. The van der Waals surface area contributed by atoms with Gasteiger partial charge in [0, 0.05) is 36.2 Å². The number of halogens is 2. The maximum absolute atomic E-state index is 13.6. The van der Waals surface area contributed by atoms with Gasteiger partial charge in [-0.15, -0.1) is 0 Å². The number of anilines is 1. The number of imidazole rings is 1. The molecule has 1 saturated carbocycles. The van der Waals surface area contributed by atoms with Gasteiger partial charge >= 0.3 is 5.69 Å². The molecule has 2 aromatic heterocycles. The molecule has 3 heterocycles. The Morgan fingerprint density at radius 1 is 1.09 bits per heavy atom. The fraction of sp³-hybridized carbons (Fsp3) is 0.522. The van der Waals surface area contributed by atoms with E-state index in [-0.39, 0.29) is 12.1 Å². The third-order valence-corrected chi connectivity index (χ3v) is 7.42. The fourth-order valence-corrected chi connectivity index (χ4v) is 5.67. The van der Waals surface area contributed by atoms with E-state index in [9.17, 15) is 9.59 Å². The molecular weight excluding hydrogens is 449 g/mol. The van der Waals surface area contributed by atoms with Crippen LogP contribution in [0.2, 0.25) is 10.0 Å². The van der Waals surface area contributed by atoms with Gasteiger partial charge in [-0.05, 0) is 36.5 Å². The highest BCUT2D eigenvalue weighted by atomic mass is 35.5. The molecule has 32 heavy (non-hydrogen) atoms. The van der Waals surface area contributed by atoms with Gasteiger partial charge in [-0.25, -0.2) is 4.79 Å². The summed E-state index contributed by atoms with van der Waals surface area (Å²) < 4.78 is 4.76. The number of fused-ring (bicyclic) bond motifs is 3. The summed E-state index contributed by atoms with van der Waals surface area (Å²) in [4.78, 5) is 34.0. The van der Waals surface area contributed by atoms with Crippen LogP contribution >= 0.6 is 23.2 Å². The lowest BCUT2D eigenvalue weighted by Crippen LogP contribution is -2.45. The van der Waals surface area contributed by atoms with Crippen molar-refractivity contribution in [1.82, 2.24) is 18.7 Å². The second-order valence-corrected chi connectivity index (χ2v) is 10.1. The molecule has 1 fully saturated rings. The Bertz CT molecular complexity index is 1300. The van der Waals surface area contributed by atoms with Crippen molar-refractivity contribution in [2.75, 3.05) is 11.4 Å². The molecule has 9 heteroatoms. The van der Waals surface area contributed by atoms with E-state index < -0.39 is 5.69 Å². The Hall–Kier alpha value is -2.25. The average molecular weight is 476 g/mol. The molecule has 1 aliphatic carbocycles. The quantitative estimate of drug-likeness (QED) is 0.573. The van der Waals surface area contributed by atoms with Gasteiger partial charge < -0.3 is 9.47 Å². The minimum absolute atomic E-state index is 0.0832. The molecular formula is C23H27Cl2N5O2. The van der Waals surface area contributed by atoms with E-state index in [2.05, 4.69) is 11.8 Å². The highest BCUT2D eigenvalue weighted by molar-refractivity contribution is 6.35. The lowest BCUT2D eigenvalue weighted by molar-refractivity contribution is 0.354. The zero-order valence-electron chi connectivity index (χ0n) is 18.4. The first kappa shape index (κ1) is 21.6. The number of hydrogen-bond acceptors (Lipinski definition) is 4. The minimum Gasteiger partial charge on any atom is -0.339 e. The van der Waals surface area contributed by atoms with Crippen molar-refractivity contribution in [3.05, 3.63) is 54.6 Å². The molecule has 1 atom stereocenters. The van der Waals surface area contributed by atoms with Crippen molar-refractivity contribution in [1.29, 1.82) is 0 Å². The first-order valence-corrected chi connectivity index (χ1v) is 12.0. The van der Waals surface area contributed by atoms with Crippen molar-refractivity contribution in [3.63, 3.8) is 0 Å². The second-order valence-electron chi connectivity index (χ2n) is 9.21. The van der Waals surface area contributed by atoms with Crippen LogP contribution in [-0.4, -0.2) is 31.3 Å². The van der Waals surface area contributed by atoms with Crippen LogP contribution in [0.1, 0.15) is 44.6 Å². The SMILES string of the molecule is C[C@@H]1CN(C2CCCCC2)c2nc3c(c(=O)n(Cc4ccc(Cl)cc4Cl)c(=O)n3C)n2C1. The second kappa shape index (κ2) is 8.27. The van der Waals surface area contributed by atoms with Crippen molar-refractivity contribution in [2.24, 2.45) is 13.0 Å². The first-order chi connectivity index (χ1) is 15.3. The van der Waals surface area contributed by atoms with Crippen molar-refractivity contribution in [2.45, 2.75) is 58.2 Å². The third-order valence-electron chi connectivity index (χ3n) is 6.83. The zero-order valence-corrected chi connectivity index (χ0v) is 19.9. The molecule has 2 aliphatic rings. The molecule has 3 aromatic rings. The highest BCUT2D eigenvalue weighted by Gasteiger charge is 2.33. The first-order valence-electron chi connectivity index (χ1n) is 11.3. The maximum Gasteiger partial charge on any atom is 0.332 e. The van der Waals surface area contributed by atoms with Crippen LogP contribution in [0.25, 0.3) is 11.2 Å². The lowest BCUT2D eigenvalue weighted by Gasteiger charge is -2.40. The van der Waals surface area contributed by atoms with Gasteiger partial charge in [0.2, 0.25) is 5.95 Å². The van der Waals surface area contributed by atoms with Gasteiger partial charge in [0.15, 0.2) is 11.2 Å². The van der Waals surface area contributed by atoms with Crippen molar-refractivity contribution in [3.8, 4) is 0 Å². The molecule has 0 saturated heterocycles. The summed E-state index contributed by atoms with van der Waals surface area (Å²) in [6, 6.07) is 5.52. The molecule has 170 valence electrons. The Kier molecular flexibility index (Phi) is 5.58. The summed E-state index contributed by atoms with van der Waals surface area (Å²) in [5.74, 6) is 1.21. The van der Waals surface area contributed by atoms with E-state index in [1.54, 1.807) is 25.2 Å². The van der Waals surface area contributed by atoms with Crippen LogP contribution in [0, 0.1) is 5.92 Å². The smallest absolute Gasteiger partial charge is 0.332 e. The number of nitrogens with zero attached hydrogens (tertiary/aromatic N) is 5. The Morgan fingerprint density at radius 3 is 2.56 bits per heavy atom. The summed E-state index contributed by atoms with van der Waals surface area (Å²) in [5.41, 5.74) is 0.875. The van der Waals surface area contributed by atoms with Crippen molar-refractivity contribution < 1.29 is 0 Å². The van der Waals surface area contributed by atoms with Gasteiger partial charge in [0.1, 0.15) is 0 Å². The number of benzene rings is 1. The van der Waals surface area contributed by atoms with E-state index in [4.69, 9.17) is 28.2 Å². The molecule has 5 rings (SSSR count). The summed E-state index contributed by atoms with van der Waals surface area (Å²) in [6.07, 6.45) is 6.02. The van der Waals surface area contributed by atoms with Gasteiger partial charge in [-0.2, -0.15) is 4.98 Å². The molecule has 1 aliphatic heterocycles. The zero-order chi connectivity index (χ0) is 22.6. The summed E-state index contributed by atoms with van der Waals surface area (Å²) in [6.45, 7) is 3.93. The van der Waals surface area contributed by atoms with Crippen LogP contribution in [-0.2, 0) is 20.1 Å². The van der Waals surface area contributed by atoms with Crippen LogP contribution in [0.15, 0.2) is 27.8 Å². The molecule has 0 radical (unpaired) electrons. The average Bonchev–Trinajstić information content (AvgIpc) is 3.16. The molecule has 0 amide bonds. The fourth-order valence-electron chi connectivity index (χ4n) is 5.20. The topological polar surface area (TPSA) is 65.1 Å². The van der Waals surface area contributed by atoms with E-state index in [1.807, 2.05) is 4.57 Å². The van der Waals surface area contributed by atoms with Crippen LogP contribution in [0.5, 0.6) is 0 Å². The Labute approximate surface area is 196 Å². The van der Waals surface area contributed by atoms with Gasteiger partial charge in [-0.3, -0.25) is 13.9 Å². The number of aryl methyl sites for hydroxylation is 1. The Balaban J connectivity index is 1.67. The predicted molar refractivity (Wildman–Crippen MR) is 128 cm³/mol. The monoisotopic (exact) mass is 475 g/mol. The van der Waals surface area contributed by atoms with E-state index >= 15 is 0 Å². The minimum atomic E-state index is -0.402. The molecule has 0 bridgehead atoms. The lowest BCUT2D eigenvalue weighted by atomic mass is 9.93. The van der Waals surface area contributed by atoms with E-state index in [1.165, 1.54) is 28.4 Å². The predicted octanol–water partition coefficient (Wildman–Crippen LogP) is 4.04. The summed E-state index contributed by atoms with van der Waals surface area (Å²) in [7, 11) is 1.68. The largest absolute Gasteiger partial charge is 0.339 e. The van der Waals surface area contributed by atoms with E-state index in [0.29, 0.717) is 45.3 Å². The Morgan fingerprint density at radius 2 is 1.84 bits per heavy atom. The molecule has 0 unspecified atom stereocenters. The normalized spacial score (nSPS) is 19.5. The number of rotatable bonds is 3. The van der Waals surface area contributed by atoms with Crippen LogP contribution < -0.4 is 16.1 Å². The highest BCUT2D eigenvalue weighted by Crippen LogP contribution is 2.33. The van der Waals surface area contributed by atoms with Gasteiger partial charge in [0.05, 0.1) is 6.54 Å². The number of hydrogen-bond donors (Lipinski definition) is 0. The molecule has 0 N–H and O–H groups in total. The third kappa shape index (κ3) is 3.55. The molecule has 7 nitrogen and oxygen atoms in total. The van der Waals surface area contributed by atoms with Gasteiger partial charge in [0.25, 0.3) is 5.56 Å². The van der Waals surface area contributed by atoms with Crippen LogP contribution in [0.4, 0.5) is 5.95 Å². The maximum atomic E-state index is 13.6. The number of aromatic nitrogens is 4. The van der Waals surface area contributed by atoms with Crippen molar-refractivity contribution >= 4 is 40.3 Å². The molecule has 0 spiro atoms. The van der Waals surface area contributed by atoms with Gasteiger partial charge in [-0.1, -0.05) is 55.5 Å². The standard InChI is InChI=1S/C23H27Cl2N5O2/c1-14-11-28(17-6-4-3-5-7-17)22-26-20-19(29(22)12-14)21(31)30(23(32)27(20)2)13-15-8-9-16(24)10-18(15)25/h8-10,14,17H,3-7,11-13H2,1-2H3/t14-/m1/s1. The summed E-state index contributed by atoms with van der Waals surface area (Å²) >= 11 is 12.3. The van der Waals surface area contributed by atoms with E-state index in [0.717, 1.165) is 25.3 Å². The van der Waals surface area contributed by atoms with Crippen LogP contribution in [0.3, 0.4) is 0 Å².